The van der Waals surface area contributed by atoms with E-state index in [1.807, 2.05) is 24.3 Å². The first-order valence-electron chi connectivity index (χ1n) is 5.49. The fourth-order valence-electron chi connectivity index (χ4n) is 1.60. The monoisotopic (exact) mass is 264 g/mol. The van der Waals surface area contributed by atoms with Gasteiger partial charge in [0, 0.05) is 5.02 Å². The van der Waals surface area contributed by atoms with Crippen LogP contribution in [0, 0.1) is 6.92 Å². The van der Waals surface area contributed by atoms with Crippen molar-refractivity contribution in [2.24, 2.45) is 0 Å². The predicted molar refractivity (Wildman–Crippen MR) is 69.2 cm³/mol. The van der Waals surface area contributed by atoms with Crippen molar-refractivity contribution >= 4 is 17.7 Å². The molecule has 1 aromatic heterocycles. The van der Waals surface area contributed by atoms with Crippen molar-refractivity contribution in [2.75, 3.05) is 6.61 Å². The number of rotatable bonds is 4. The summed E-state index contributed by atoms with van der Waals surface area (Å²) in [6.07, 6.45) is 3.52. The summed E-state index contributed by atoms with van der Waals surface area (Å²) in [5.74, 6) is 0.629. The summed E-state index contributed by atoms with van der Waals surface area (Å²) in [7, 11) is 0. The van der Waals surface area contributed by atoms with Gasteiger partial charge in [-0.15, -0.1) is 10.2 Å². The fourth-order valence-corrected chi connectivity index (χ4v) is 1.79. The average Bonchev–Trinajstić information content (AvgIpc) is 2.74. The lowest BCUT2D eigenvalue weighted by molar-refractivity contribution is 0.343. The smallest absolute Gasteiger partial charge is 0.171 e. The quantitative estimate of drug-likeness (QED) is 0.913. The average molecular weight is 265 g/mol. The van der Waals surface area contributed by atoms with Gasteiger partial charge in [0.25, 0.3) is 0 Å². The second kappa shape index (κ2) is 5.75. The zero-order valence-electron chi connectivity index (χ0n) is 9.91. The van der Waals surface area contributed by atoms with Crippen LogP contribution in [0.5, 0.6) is 0 Å². The largest absolute Gasteiger partial charge is 0.392 e. The molecule has 5 nitrogen and oxygen atoms in total. The summed E-state index contributed by atoms with van der Waals surface area (Å²) in [5.41, 5.74) is 1.95. The highest BCUT2D eigenvalue weighted by atomic mass is 35.5. The fraction of sp³-hybridized carbons (Fsp3) is 0.250. The molecule has 0 bridgehead atoms. The maximum absolute atomic E-state index is 8.81. The van der Waals surface area contributed by atoms with Gasteiger partial charge >= 0.3 is 0 Å². The molecule has 0 saturated carbocycles. The number of hydrogen-bond acceptors (Lipinski definition) is 4. The lowest BCUT2D eigenvalue weighted by atomic mass is 10.1. The van der Waals surface area contributed by atoms with Crippen LogP contribution in [-0.4, -0.2) is 31.9 Å². The Morgan fingerprint density at radius 2 is 2.28 bits per heavy atom. The lowest BCUT2D eigenvalue weighted by Gasteiger charge is -2.05. The number of tetrazole rings is 1. The molecule has 0 amide bonds. The van der Waals surface area contributed by atoms with Crippen molar-refractivity contribution in [1.29, 1.82) is 0 Å². The number of aryl methyl sites for hydroxylation is 1. The van der Waals surface area contributed by atoms with Gasteiger partial charge in [0.2, 0.25) is 0 Å². The molecule has 94 valence electrons. The molecular formula is C12H13ClN4O. The Morgan fingerprint density at radius 1 is 1.44 bits per heavy atom. The lowest BCUT2D eigenvalue weighted by Crippen LogP contribution is -2.05. The van der Waals surface area contributed by atoms with Crippen molar-refractivity contribution < 1.29 is 5.11 Å². The Bertz CT molecular complexity index is 565. The topological polar surface area (TPSA) is 63.8 Å². The first-order chi connectivity index (χ1) is 8.69. The summed E-state index contributed by atoms with van der Waals surface area (Å²) >= 11 is 5.98. The van der Waals surface area contributed by atoms with Crippen LogP contribution in [0.3, 0.4) is 0 Å². The Kier molecular flexibility index (Phi) is 4.07. The summed E-state index contributed by atoms with van der Waals surface area (Å²) in [5, 5.41) is 21.3. The highest BCUT2D eigenvalue weighted by molar-refractivity contribution is 6.30. The second-order valence-electron chi connectivity index (χ2n) is 3.80. The van der Waals surface area contributed by atoms with Crippen molar-refractivity contribution in [3.8, 4) is 0 Å². The molecule has 0 aliphatic carbocycles. The number of hydrogen-bond donors (Lipinski definition) is 1. The molecule has 2 rings (SSSR count). The Morgan fingerprint density at radius 3 is 2.94 bits per heavy atom. The van der Waals surface area contributed by atoms with Crippen molar-refractivity contribution in [3.63, 3.8) is 0 Å². The molecule has 0 aliphatic rings. The van der Waals surface area contributed by atoms with Gasteiger partial charge in [0.1, 0.15) is 0 Å². The number of aliphatic hydroxyl groups excluding tert-OH is 1. The number of nitrogens with zero attached hydrogens (tertiary/aromatic N) is 4. The van der Waals surface area contributed by atoms with Crippen LogP contribution >= 0.6 is 11.6 Å². The molecule has 1 aromatic carbocycles. The number of aliphatic hydroxyl groups is 1. The molecule has 2 aromatic rings. The van der Waals surface area contributed by atoms with Crippen molar-refractivity contribution in [3.05, 3.63) is 46.2 Å². The van der Waals surface area contributed by atoms with E-state index in [-0.39, 0.29) is 6.61 Å². The van der Waals surface area contributed by atoms with Crippen LogP contribution in [0.1, 0.15) is 17.0 Å². The van der Waals surface area contributed by atoms with E-state index in [0.717, 1.165) is 11.1 Å². The summed E-state index contributed by atoms with van der Waals surface area (Å²) < 4.78 is 0. The second-order valence-corrected chi connectivity index (χ2v) is 4.23. The third kappa shape index (κ3) is 3.15. The standard InChI is InChI=1S/C12H13ClN4O/c1-9-14-16-17(15-9)8-11-7-12(13)5-4-10(11)3-2-6-18/h2-5,7,18H,6,8H2,1H3/b3-2+. The Labute approximate surface area is 110 Å². The van der Waals surface area contributed by atoms with Gasteiger partial charge in [-0.05, 0) is 35.4 Å². The molecule has 18 heavy (non-hydrogen) atoms. The molecular weight excluding hydrogens is 252 g/mol. The highest BCUT2D eigenvalue weighted by Gasteiger charge is 2.04. The van der Waals surface area contributed by atoms with Crippen LogP contribution in [0.15, 0.2) is 24.3 Å². The molecule has 0 atom stereocenters. The molecule has 0 unspecified atom stereocenters. The SMILES string of the molecule is Cc1nnn(Cc2cc(Cl)ccc2/C=C/CO)n1. The first-order valence-corrected chi connectivity index (χ1v) is 5.87. The normalized spacial score (nSPS) is 11.3. The minimum absolute atomic E-state index is 0.00273. The third-order valence-electron chi connectivity index (χ3n) is 2.37. The molecule has 6 heteroatoms. The van der Waals surface area contributed by atoms with Crippen LogP contribution < -0.4 is 0 Å². The van der Waals surface area contributed by atoms with E-state index in [1.54, 1.807) is 13.0 Å². The minimum atomic E-state index is 0.00273. The van der Waals surface area contributed by atoms with E-state index in [9.17, 15) is 0 Å². The van der Waals surface area contributed by atoms with Crippen LogP contribution in [0.4, 0.5) is 0 Å². The number of benzene rings is 1. The van der Waals surface area contributed by atoms with Gasteiger partial charge < -0.3 is 5.11 Å². The third-order valence-corrected chi connectivity index (χ3v) is 2.61. The first kappa shape index (κ1) is 12.7. The maximum Gasteiger partial charge on any atom is 0.171 e. The summed E-state index contributed by atoms with van der Waals surface area (Å²) in [4.78, 5) is 1.51. The molecule has 0 aliphatic heterocycles. The zero-order chi connectivity index (χ0) is 13.0. The summed E-state index contributed by atoms with van der Waals surface area (Å²) in [6.45, 7) is 2.28. The van der Waals surface area contributed by atoms with Crippen molar-refractivity contribution in [1.82, 2.24) is 20.2 Å². The van der Waals surface area contributed by atoms with E-state index in [2.05, 4.69) is 15.4 Å². The Balaban J connectivity index is 2.29. The van der Waals surface area contributed by atoms with E-state index in [1.165, 1.54) is 4.80 Å². The van der Waals surface area contributed by atoms with Gasteiger partial charge in [0.15, 0.2) is 5.82 Å². The molecule has 1 heterocycles. The van der Waals surface area contributed by atoms with E-state index in [4.69, 9.17) is 16.7 Å². The number of aromatic nitrogens is 4. The van der Waals surface area contributed by atoms with Crippen LogP contribution in [0.25, 0.3) is 6.08 Å². The number of halogens is 1. The van der Waals surface area contributed by atoms with Crippen LogP contribution in [-0.2, 0) is 6.54 Å². The van der Waals surface area contributed by atoms with Gasteiger partial charge in [-0.3, -0.25) is 0 Å². The predicted octanol–water partition coefficient (Wildman–Crippen LogP) is 1.69. The van der Waals surface area contributed by atoms with Crippen LogP contribution in [0.2, 0.25) is 5.02 Å². The van der Waals surface area contributed by atoms with Gasteiger partial charge in [-0.25, -0.2) is 0 Å². The van der Waals surface area contributed by atoms with E-state index < -0.39 is 0 Å². The zero-order valence-corrected chi connectivity index (χ0v) is 10.7. The van der Waals surface area contributed by atoms with Gasteiger partial charge in [-0.2, -0.15) is 4.80 Å². The van der Waals surface area contributed by atoms with Crippen molar-refractivity contribution in [2.45, 2.75) is 13.5 Å². The molecule has 1 N–H and O–H groups in total. The summed E-state index contributed by atoms with van der Waals surface area (Å²) in [6, 6.07) is 5.56. The van der Waals surface area contributed by atoms with E-state index in [0.29, 0.717) is 17.4 Å². The Hall–Kier alpha value is -1.72. The molecule has 0 fully saturated rings. The maximum atomic E-state index is 8.81. The molecule has 0 radical (unpaired) electrons. The van der Waals surface area contributed by atoms with Gasteiger partial charge in [-0.1, -0.05) is 29.8 Å². The molecule has 0 saturated heterocycles. The molecule has 0 spiro atoms. The van der Waals surface area contributed by atoms with E-state index >= 15 is 0 Å². The van der Waals surface area contributed by atoms with Gasteiger partial charge in [0.05, 0.1) is 13.2 Å². The minimum Gasteiger partial charge on any atom is -0.392 e. The highest BCUT2D eigenvalue weighted by Crippen LogP contribution is 2.18.